The second-order valence-corrected chi connectivity index (χ2v) is 9.13. The molecule has 2 aromatic carbocycles. The number of pyridine rings is 1. The largest absolute Gasteiger partial charge is 0.491 e. The Labute approximate surface area is 206 Å². The number of rotatable bonds is 5. The van der Waals surface area contributed by atoms with E-state index in [0.29, 0.717) is 29.4 Å². The van der Waals surface area contributed by atoms with Crippen LogP contribution in [0, 0.1) is 11.7 Å². The second-order valence-electron chi connectivity index (χ2n) is 8.69. The summed E-state index contributed by atoms with van der Waals surface area (Å²) in [7, 11) is 0. The standard InChI is InChI=1S/C26H25ClFN3O4/c1-3-22(26(34)30-17-6-7-18(25(29)33)21(28)10-17)31-12-23-20(11-24(31)32)19-9-16(27)5-4-15(19)8-14(2)13-35-23/h4-7,9-12,14,22H,3,8,13H2,1-2H3,(H2,29,33)(H,30,34)/t14?,22-/m0/s1. The molecule has 7 nitrogen and oxygen atoms in total. The number of fused-ring (bicyclic) bond motifs is 3. The third kappa shape index (κ3) is 5.07. The number of benzene rings is 2. The van der Waals surface area contributed by atoms with Crippen LogP contribution in [0.3, 0.4) is 0 Å². The molecule has 0 bridgehead atoms. The number of ether oxygens (including phenoxy) is 1. The van der Waals surface area contributed by atoms with Crippen LogP contribution in [0.2, 0.25) is 5.02 Å². The molecule has 9 heteroatoms. The Bertz CT molecular complexity index is 1370. The lowest BCUT2D eigenvalue weighted by molar-refractivity contribution is -0.119. The van der Waals surface area contributed by atoms with Gasteiger partial charge in [0.15, 0.2) is 0 Å². The first-order chi connectivity index (χ1) is 16.7. The molecule has 0 aliphatic carbocycles. The maximum Gasteiger partial charge on any atom is 0.252 e. The van der Waals surface area contributed by atoms with E-state index in [9.17, 15) is 18.8 Å². The van der Waals surface area contributed by atoms with Crippen LogP contribution >= 0.6 is 11.6 Å². The molecular weight excluding hydrogens is 473 g/mol. The highest BCUT2D eigenvalue weighted by Crippen LogP contribution is 2.37. The molecule has 0 radical (unpaired) electrons. The van der Waals surface area contributed by atoms with Gasteiger partial charge >= 0.3 is 0 Å². The van der Waals surface area contributed by atoms with Crippen LogP contribution < -0.4 is 21.3 Å². The number of carbonyl (C=O) groups is 2. The number of carbonyl (C=O) groups excluding carboxylic acids is 2. The molecular formula is C26H25ClFN3O4. The molecule has 0 fully saturated rings. The molecule has 182 valence electrons. The first kappa shape index (κ1) is 24.5. The molecule has 0 spiro atoms. The third-order valence-electron chi connectivity index (χ3n) is 6.03. The summed E-state index contributed by atoms with van der Waals surface area (Å²) in [6, 6.07) is 9.77. The fourth-order valence-electron chi connectivity index (χ4n) is 4.27. The number of nitrogens with zero attached hydrogens (tertiary/aromatic N) is 1. The molecule has 1 aromatic heterocycles. The molecule has 1 aliphatic rings. The Hall–Kier alpha value is -3.65. The Balaban J connectivity index is 1.71. The molecule has 1 aliphatic heterocycles. The van der Waals surface area contributed by atoms with Crippen molar-refractivity contribution in [3.63, 3.8) is 0 Å². The summed E-state index contributed by atoms with van der Waals surface area (Å²) < 4.78 is 21.5. The molecule has 0 saturated carbocycles. The Morgan fingerprint density at radius 1 is 1.23 bits per heavy atom. The van der Waals surface area contributed by atoms with Gasteiger partial charge in [-0.3, -0.25) is 19.0 Å². The van der Waals surface area contributed by atoms with E-state index in [0.717, 1.165) is 23.6 Å². The number of primary amides is 1. The number of hydrogen-bond donors (Lipinski definition) is 2. The highest BCUT2D eigenvalue weighted by atomic mass is 35.5. The maximum absolute atomic E-state index is 14.1. The van der Waals surface area contributed by atoms with Gasteiger partial charge in [-0.2, -0.15) is 0 Å². The number of amides is 2. The van der Waals surface area contributed by atoms with Crippen molar-refractivity contribution < 1.29 is 18.7 Å². The first-order valence-corrected chi connectivity index (χ1v) is 11.6. The van der Waals surface area contributed by atoms with Crippen molar-refractivity contribution in [1.82, 2.24) is 4.57 Å². The smallest absolute Gasteiger partial charge is 0.252 e. The Morgan fingerprint density at radius 3 is 2.69 bits per heavy atom. The number of anilines is 1. The predicted octanol–water partition coefficient (Wildman–Crippen LogP) is 4.57. The number of aromatic nitrogens is 1. The number of halogens is 2. The predicted molar refractivity (Wildman–Crippen MR) is 132 cm³/mol. The van der Waals surface area contributed by atoms with Crippen LogP contribution in [0.15, 0.2) is 53.5 Å². The fraction of sp³-hybridized carbons (Fsp3) is 0.269. The molecule has 4 rings (SSSR count). The summed E-state index contributed by atoms with van der Waals surface area (Å²) >= 11 is 6.24. The molecule has 1 unspecified atom stereocenters. The zero-order valence-corrected chi connectivity index (χ0v) is 20.1. The van der Waals surface area contributed by atoms with Gasteiger partial charge in [-0.05, 0) is 60.2 Å². The minimum Gasteiger partial charge on any atom is -0.491 e. The van der Waals surface area contributed by atoms with Crippen LogP contribution in [-0.4, -0.2) is 23.0 Å². The van der Waals surface area contributed by atoms with Crippen molar-refractivity contribution in [2.75, 3.05) is 11.9 Å². The monoisotopic (exact) mass is 497 g/mol. The lowest BCUT2D eigenvalue weighted by Crippen LogP contribution is -2.33. The molecule has 2 atom stereocenters. The molecule has 3 aromatic rings. The van der Waals surface area contributed by atoms with Gasteiger partial charge in [0.2, 0.25) is 5.91 Å². The van der Waals surface area contributed by atoms with E-state index in [1.807, 2.05) is 18.2 Å². The highest BCUT2D eigenvalue weighted by Gasteiger charge is 2.25. The van der Waals surface area contributed by atoms with E-state index in [1.54, 1.807) is 13.1 Å². The van der Waals surface area contributed by atoms with Gasteiger partial charge in [0.25, 0.3) is 11.5 Å². The van der Waals surface area contributed by atoms with E-state index >= 15 is 0 Å². The summed E-state index contributed by atoms with van der Waals surface area (Å²) in [5, 5.41) is 3.16. The van der Waals surface area contributed by atoms with Gasteiger partial charge in [0.05, 0.1) is 18.4 Å². The summed E-state index contributed by atoms with van der Waals surface area (Å²) in [5.41, 5.74) is 7.12. The SMILES string of the molecule is CC[C@@H](C(=O)Nc1ccc(C(N)=O)c(F)c1)n1cc2c(cc1=O)-c1cc(Cl)ccc1CC(C)CO2. The average Bonchev–Trinajstić information content (AvgIpc) is 2.79. The zero-order chi connectivity index (χ0) is 25.3. The van der Waals surface area contributed by atoms with Crippen LogP contribution in [0.5, 0.6) is 5.75 Å². The Morgan fingerprint density at radius 2 is 2.00 bits per heavy atom. The number of hydrogen-bond acceptors (Lipinski definition) is 4. The second kappa shape index (κ2) is 9.92. The van der Waals surface area contributed by atoms with E-state index < -0.39 is 23.7 Å². The first-order valence-electron chi connectivity index (χ1n) is 11.3. The van der Waals surface area contributed by atoms with Gasteiger partial charge in [-0.25, -0.2) is 4.39 Å². The molecule has 35 heavy (non-hydrogen) atoms. The lowest BCUT2D eigenvalue weighted by Gasteiger charge is -2.25. The molecule has 2 heterocycles. The van der Waals surface area contributed by atoms with Crippen molar-refractivity contribution in [1.29, 1.82) is 0 Å². The third-order valence-corrected chi connectivity index (χ3v) is 6.26. The van der Waals surface area contributed by atoms with E-state index in [2.05, 4.69) is 12.2 Å². The fourth-order valence-corrected chi connectivity index (χ4v) is 4.44. The molecule has 3 N–H and O–H groups in total. The summed E-state index contributed by atoms with van der Waals surface area (Å²) in [6.07, 6.45) is 2.62. The molecule has 2 amide bonds. The minimum absolute atomic E-state index is 0.142. The van der Waals surface area contributed by atoms with Gasteiger partial charge in [-0.15, -0.1) is 0 Å². The van der Waals surface area contributed by atoms with Crippen molar-refractivity contribution in [3.8, 4) is 16.9 Å². The van der Waals surface area contributed by atoms with Crippen molar-refractivity contribution >= 4 is 29.1 Å². The minimum atomic E-state index is -0.906. The van der Waals surface area contributed by atoms with Crippen LogP contribution in [-0.2, 0) is 11.2 Å². The normalized spacial score (nSPS) is 15.6. The Kier molecular flexibility index (Phi) is 6.93. The quantitative estimate of drug-likeness (QED) is 0.539. The summed E-state index contributed by atoms with van der Waals surface area (Å²) in [5.74, 6) is -1.56. The average molecular weight is 498 g/mol. The summed E-state index contributed by atoms with van der Waals surface area (Å²) in [4.78, 5) is 37.5. The van der Waals surface area contributed by atoms with Crippen LogP contribution in [0.25, 0.3) is 11.1 Å². The number of nitrogens with one attached hydrogen (secondary N) is 1. The lowest BCUT2D eigenvalue weighted by atomic mass is 9.92. The molecule has 0 saturated heterocycles. The van der Waals surface area contributed by atoms with Crippen molar-refractivity contribution in [2.45, 2.75) is 32.7 Å². The van der Waals surface area contributed by atoms with Crippen molar-refractivity contribution in [2.24, 2.45) is 11.7 Å². The van der Waals surface area contributed by atoms with E-state index in [4.69, 9.17) is 22.1 Å². The van der Waals surface area contributed by atoms with Gasteiger partial charge in [0, 0.05) is 22.3 Å². The van der Waals surface area contributed by atoms with Gasteiger partial charge in [0.1, 0.15) is 17.6 Å². The van der Waals surface area contributed by atoms with Gasteiger partial charge < -0.3 is 15.8 Å². The maximum atomic E-state index is 14.1. The van der Waals surface area contributed by atoms with E-state index in [1.165, 1.54) is 22.8 Å². The summed E-state index contributed by atoms with van der Waals surface area (Å²) in [6.45, 7) is 4.29. The topological polar surface area (TPSA) is 103 Å². The van der Waals surface area contributed by atoms with Gasteiger partial charge in [-0.1, -0.05) is 31.5 Å². The zero-order valence-electron chi connectivity index (χ0n) is 19.3. The highest BCUT2D eigenvalue weighted by molar-refractivity contribution is 6.30. The van der Waals surface area contributed by atoms with Crippen molar-refractivity contribution in [3.05, 3.63) is 81.0 Å². The van der Waals surface area contributed by atoms with Crippen LogP contribution in [0.1, 0.15) is 42.2 Å². The van der Waals surface area contributed by atoms with Crippen LogP contribution in [0.4, 0.5) is 10.1 Å². The van der Waals surface area contributed by atoms with E-state index in [-0.39, 0.29) is 22.7 Å². The number of nitrogens with two attached hydrogens (primary N) is 1.